The van der Waals surface area contributed by atoms with E-state index in [1.807, 2.05) is 0 Å². The molecule has 3 amide bonds. The van der Waals surface area contributed by atoms with Crippen LogP contribution in [-0.2, 0) is 44.8 Å². The number of carbonyl (C=O) groups is 8. The van der Waals surface area contributed by atoms with Crippen molar-refractivity contribution in [3.8, 4) is 17.2 Å². The van der Waals surface area contributed by atoms with Gasteiger partial charge in [0.25, 0.3) is 11.8 Å². The van der Waals surface area contributed by atoms with Gasteiger partial charge in [-0.1, -0.05) is 12.1 Å². The van der Waals surface area contributed by atoms with Crippen LogP contribution in [0.5, 0.6) is 17.2 Å². The van der Waals surface area contributed by atoms with Gasteiger partial charge in [0.15, 0.2) is 18.1 Å². The summed E-state index contributed by atoms with van der Waals surface area (Å²) in [5, 5.41) is 23.0. The van der Waals surface area contributed by atoms with E-state index in [4.69, 9.17) is 24.1 Å². The fourth-order valence-corrected chi connectivity index (χ4v) is 7.25. The van der Waals surface area contributed by atoms with Crippen molar-refractivity contribution in [2.45, 2.75) is 51.7 Å². The molecule has 5 rings (SSSR count). The quantitative estimate of drug-likeness (QED) is 0.101. The van der Waals surface area contributed by atoms with E-state index in [0.717, 1.165) is 43.5 Å². The van der Waals surface area contributed by atoms with Crippen LogP contribution in [0, 0.1) is 0 Å². The number of carbonyl (C=O) groups excluding carboxylic acids is 6. The van der Waals surface area contributed by atoms with Crippen LogP contribution in [0.25, 0.3) is 10.9 Å². The normalized spacial score (nSPS) is 16.5. The summed E-state index contributed by atoms with van der Waals surface area (Å²) in [5.41, 5.74) is -1.16. The number of aliphatic carboxylic acids is 2. The third-order valence-electron chi connectivity index (χ3n) is 8.35. The Hall–Kier alpha value is -6.70. The maximum Gasteiger partial charge on any atom is 0.352 e. The summed E-state index contributed by atoms with van der Waals surface area (Å²) < 4.78 is 22.0. The molecule has 3 atom stereocenters. The van der Waals surface area contributed by atoms with E-state index in [2.05, 4.69) is 10.6 Å². The summed E-state index contributed by atoms with van der Waals surface area (Å²) in [6.45, 7) is 4.25. The van der Waals surface area contributed by atoms with Crippen molar-refractivity contribution in [1.29, 1.82) is 0 Å². The summed E-state index contributed by atoms with van der Waals surface area (Å²) in [6, 6.07) is 4.99. The molecular weight excluding hydrogens is 760 g/mol. The predicted octanol–water partition coefficient (Wildman–Crippen LogP) is 1.11. The zero-order valence-electron chi connectivity index (χ0n) is 30.1. The van der Waals surface area contributed by atoms with Crippen LogP contribution in [0.1, 0.15) is 49.7 Å². The maximum atomic E-state index is 14.0. The lowest BCUT2D eigenvalue weighted by Gasteiger charge is -2.49. The monoisotopic (exact) mass is 794 g/mol. The van der Waals surface area contributed by atoms with Gasteiger partial charge in [-0.2, -0.15) is 0 Å². The van der Waals surface area contributed by atoms with Crippen molar-refractivity contribution < 1.29 is 67.5 Å². The molecule has 1 fully saturated rings. The second-order valence-corrected chi connectivity index (χ2v) is 13.4. The van der Waals surface area contributed by atoms with Crippen LogP contribution < -0.4 is 30.3 Å². The van der Waals surface area contributed by atoms with E-state index in [9.17, 15) is 48.3 Å². The van der Waals surface area contributed by atoms with Gasteiger partial charge < -0.3 is 44.4 Å². The molecule has 0 radical (unpaired) electrons. The molecule has 3 heterocycles. The number of nitrogens with one attached hydrogen (secondary N) is 2. The van der Waals surface area contributed by atoms with Crippen molar-refractivity contribution in [3.63, 3.8) is 0 Å². The highest BCUT2D eigenvalue weighted by Crippen LogP contribution is 2.41. The lowest BCUT2D eigenvalue weighted by Crippen LogP contribution is -2.71. The Labute approximate surface area is 320 Å². The lowest BCUT2D eigenvalue weighted by molar-refractivity contribution is -0.151. The van der Waals surface area contributed by atoms with E-state index >= 15 is 0 Å². The van der Waals surface area contributed by atoms with Crippen molar-refractivity contribution in [2.75, 3.05) is 19.0 Å². The molecule has 56 heavy (non-hydrogen) atoms. The minimum absolute atomic E-state index is 0.0565. The van der Waals surface area contributed by atoms with Gasteiger partial charge in [0.2, 0.25) is 11.3 Å². The Balaban J connectivity index is 1.49. The number of ether oxygens (including phenoxy) is 4. The molecule has 0 spiro atoms. The molecule has 1 saturated heterocycles. The fourth-order valence-electron chi connectivity index (χ4n) is 5.92. The van der Waals surface area contributed by atoms with Gasteiger partial charge in [-0.05, 0) is 30.7 Å². The maximum absolute atomic E-state index is 14.0. The van der Waals surface area contributed by atoms with E-state index in [-0.39, 0.29) is 63.9 Å². The highest BCUT2D eigenvalue weighted by Gasteiger charge is 2.54. The Morgan fingerprint density at radius 2 is 1.57 bits per heavy atom. The van der Waals surface area contributed by atoms with Crippen LogP contribution in [0.3, 0.4) is 0 Å². The van der Waals surface area contributed by atoms with Crippen molar-refractivity contribution >= 4 is 70.2 Å². The number of rotatable bonds is 14. The smallest absolute Gasteiger partial charge is 0.352 e. The number of aryl methyl sites for hydroxylation is 1. The first-order valence-corrected chi connectivity index (χ1v) is 17.7. The molecule has 294 valence electrons. The summed E-state index contributed by atoms with van der Waals surface area (Å²) in [6.07, 6.45) is 1.22. The molecule has 2 aromatic carbocycles. The standard InChI is InChI=1S/C36H34N4O15S/c1-5-39-12-23(31(46)22-10-25(54-17(3)42)26(11-24(22)39)55-18(4)43)32(47)37-28(19-6-8-21(9-7-19)53-14-27(44)45)33(48)38-29-34(49)40-30(36(50)51)20(13-52-16(2)41)15-56-35(29)40/h6-12,28-29,35H,5,13-15H2,1-4H3,(H,37,47)(H,38,48)(H,44,45)(H,50,51)/t28?,29-,35-/m1/s1. The molecule has 1 unspecified atom stereocenters. The van der Waals surface area contributed by atoms with Gasteiger partial charge in [0, 0.05) is 50.9 Å². The molecule has 20 heteroatoms. The Bertz CT molecular complexity index is 2270. The molecule has 2 aliphatic heterocycles. The second-order valence-electron chi connectivity index (χ2n) is 12.3. The number of carboxylic acid groups (broad SMARTS) is 2. The number of nitrogens with zero attached hydrogens (tertiary/aromatic N) is 2. The third kappa shape index (κ3) is 8.65. The minimum Gasteiger partial charge on any atom is -0.482 e. The van der Waals surface area contributed by atoms with E-state index in [1.165, 1.54) is 41.1 Å². The molecule has 19 nitrogen and oxygen atoms in total. The molecular formula is C36H34N4O15S. The minimum atomic E-state index is -1.59. The summed E-state index contributed by atoms with van der Waals surface area (Å²) in [7, 11) is 0. The van der Waals surface area contributed by atoms with Gasteiger partial charge in [0.05, 0.1) is 10.9 Å². The highest BCUT2D eigenvalue weighted by atomic mass is 32.2. The van der Waals surface area contributed by atoms with Gasteiger partial charge in [-0.15, -0.1) is 11.8 Å². The molecule has 0 saturated carbocycles. The second kappa shape index (κ2) is 16.8. The van der Waals surface area contributed by atoms with Gasteiger partial charge >= 0.3 is 29.8 Å². The number of fused-ring (bicyclic) bond motifs is 2. The molecule has 0 bridgehead atoms. The topological polar surface area (TPSA) is 263 Å². The Morgan fingerprint density at radius 3 is 2.14 bits per heavy atom. The van der Waals surface area contributed by atoms with Crippen molar-refractivity contribution in [1.82, 2.24) is 20.1 Å². The number of esters is 3. The SMILES string of the molecule is CCn1cc(C(=O)NC(C(=O)N[C@@H]2C(=O)N3C(C(=O)O)=C(COC(C)=O)CS[C@H]23)c2ccc(OCC(=O)O)cc2)c(=O)c2cc(OC(C)=O)c(OC(C)=O)cc21. The average molecular weight is 795 g/mol. The Kier molecular flexibility index (Phi) is 12.1. The highest BCUT2D eigenvalue weighted by molar-refractivity contribution is 8.00. The number of benzene rings is 2. The van der Waals surface area contributed by atoms with Crippen LogP contribution in [0.15, 0.2) is 58.7 Å². The zero-order valence-corrected chi connectivity index (χ0v) is 30.9. The number of carboxylic acids is 2. The molecule has 0 aliphatic carbocycles. The first-order valence-electron chi connectivity index (χ1n) is 16.7. The van der Waals surface area contributed by atoms with Crippen LogP contribution in [-0.4, -0.2) is 97.6 Å². The molecule has 1 aromatic heterocycles. The van der Waals surface area contributed by atoms with Gasteiger partial charge in [0.1, 0.15) is 41.1 Å². The fraction of sp³-hybridized carbons (Fsp3) is 0.306. The average Bonchev–Trinajstić information content (AvgIpc) is 3.14. The van der Waals surface area contributed by atoms with Crippen molar-refractivity contribution in [2.24, 2.45) is 0 Å². The van der Waals surface area contributed by atoms with Crippen molar-refractivity contribution in [3.05, 3.63) is 75.2 Å². The number of hydrogen-bond acceptors (Lipinski definition) is 14. The van der Waals surface area contributed by atoms with Crippen LogP contribution in [0.2, 0.25) is 0 Å². The number of thioether (sulfide) groups is 1. The first kappa shape index (κ1) is 40.5. The summed E-state index contributed by atoms with van der Waals surface area (Å²) in [5.74, 6) is -7.85. The summed E-state index contributed by atoms with van der Waals surface area (Å²) in [4.78, 5) is 114. The van der Waals surface area contributed by atoms with Crippen LogP contribution >= 0.6 is 11.8 Å². The molecule has 4 N–H and O–H groups in total. The predicted molar refractivity (Wildman–Crippen MR) is 193 cm³/mol. The van der Waals surface area contributed by atoms with E-state index in [0.29, 0.717) is 0 Å². The van der Waals surface area contributed by atoms with Gasteiger partial charge in [-0.25, -0.2) is 9.59 Å². The number of amides is 3. The Morgan fingerprint density at radius 1 is 0.929 bits per heavy atom. The van der Waals surface area contributed by atoms with E-state index < -0.39 is 82.6 Å². The molecule has 3 aromatic rings. The zero-order chi connectivity index (χ0) is 41.0. The van der Waals surface area contributed by atoms with Gasteiger partial charge in [-0.3, -0.25) is 38.5 Å². The lowest BCUT2D eigenvalue weighted by atomic mass is 10.0. The summed E-state index contributed by atoms with van der Waals surface area (Å²) >= 11 is 1.11. The first-order chi connectivity index (χ1) is 26.5. The number of pyridine rings is 1. The third-order valence-corrected chi connectivity index (χ3v) is 9.69. The van der Waals surface area contributed by atoms with E-state index in [1.54, 1.807) is 6.92 Å². The number of β-lactam (4-membered cyclic amide) rings is 1. The number of aromatic nitrogens is 1. The number of hydrogen-bond donors (Lipinski definition) is 4. The molecule has 2 aliphatic rings. The van der Waals surface area contributed by atoms with Crippen LogP contribution in [0.4, 0.5) is 0 Å². The largest absolute Gasteiger partial charge is 0.482 e.